The summed E-state index contributed by atoms with van der Waals surface area (Å²) in [5.74, 6) is -1.14. The van der Waals surface area contributed by atoms with Crippen molar-refractivity contribution < 1.29 is 19.1 Å². The van der Waals surface area contributed by atoms with Crippen LogP contribution in [0.25, 0.3) is 0 Å². The minimum absolute atomic E-state index is 0.0616. The Morgan fingerprint density at radius 1 is 1.22 bits per heavy atom. The number of rotatable bonds is 5. The lowest BCUT2D eigenvalue weighted by atomic mass is 10.1. The summed E-state index contributed by atoms with van der Waals surface area (Å²) in [5, 5.41) is 2.61. The van der Waals surface area contributed by atoms with E-state index >= 15 is 0 Å². The zero-order valence-corrected chi connectivity index (χ0v) is 14.5. The summed E-state index contributed by atoms with van der Waals surface area (Å²) in [5.41, 5.74) is 0.0719. The fourth-order valence-electron chi connectivity index (χ4n) is 2.00. The van der Waals surface area contributed by atoms with Crippen LogP contribution in [0.2, 0.25) is 0 Å². The number of nitrogens with one attached hydrogen (secondary N) is 1. The van der Waals surface area contributed by atoms with Gasteiger partial charge in [0.2, 0.25) is 0 Å². The summed E-state index contributed by atoms with van der Waals surface area (Å²) < 4.78 is 4.00. The second-order valence-electron chi connectivity index (χ2n) is 5.88. The molecule has 0 saturated heterocycles. The van der Waals surface area contributed by atoms with Gasteiger partial charge in [0.1, 0.15) is 9.75 Å². The van der Waals surface area contributed by atoms with Crippen LogP contribution < -0.4 is 5.32 Å². The molecule has 2 atom stereocenters. The first-order chi connectivity index (χ1) is 10.6. The van der Waals surface area contributed by atoms with Gasteiger partial charge in [0, 0.05) is 17.7 Å². The summed E-state index contributed by atoms with van der Waals surface area (Å²) in [6.07, 6.45) is -0.695. The topological polar surface area (TPSA) is 72.5 Å². The third-order valence-corrected chi connectivity index (χ3v) is 5.02. The smallest absolute Gasteiger partial charge is 0.315 e. The maximum atomic E-state index is 12.1. The van der Waals surface area contributed by atoms with Crippen molar-refractivity contribution in [3.63, 3.8) is 0 Å². The van der Waals surface area contributed by atoms with Crippen LogP contribution in [0.15, 0.2) is 24.3 Å². The molecule has 1 aromatic carbocycles. The van der Waals surface area contributed by atoms with E-state index in [1.807, 2.05) is 0 Å². The SMILES string of the molecule is CC(=O)c1ccc(NC(=O)[C@@H](C)OC(=O)[C@@]2(C)CC2(Cl)Cl)cc1. The molecule has 0 heterocycles. The molecule has 0 aliphatic heterocycles. The first kappa shape index (κ1) is 17.8. The van der Waals surface area contributed by atoms with Crippen molar-refractivity contribution in [3.8, 4) is 0 Å². The van der Waals surface area contributed by atoms with Crippen molar-refractivity contribution in [2.75, 3.05) is 5.32 Å². The number of esters is 1. The van der Waals surface area contributed by atoms with Gasteiger partial charge in [0.05, 0.1) is 0 Å². The zero-order valence-electron chi connectivity index (χ0n) is 13.0. The van der Waals surface area contributed by atoms with Gasteiger partial charge in [-0.15, -0.1) is 23.2 Å². The fraction of sp³-hybridized carbons (Fsp3) is 0.438. The number of anilines is 1. The third-order valence-electron chi connectivity index (χ3n) is 3.92. The Morgan fingerprint density at radius 3 is 2.17 bits per heavy atom. The number of hydrogen-bond acceptors (Lipinski definition) is 4. The normalized spacial score (nSPS) is 22.8. The number of ether oxygens (including phenoxy) is 1. The van der Waals surface area contributed by atoms with E-state index in [0.29, 0.717) is 17.7 Å². The standard InChI is InChI=1S/C16H17Cl2NO4/c1-9(20)11-4-6-12(7-5-11)19-13(21)10(2)23-14(22)15(3)8-16(15,17)18/h4-7,10H,8H2,1-3H3,(H,19,21)/t10-,15-/m1/s1. The van der Waals surface area contributed by atoms with Crippen molar-refractivity contribution in [2.45, 2.75) is 37.6 Å². The van der Waals surface area contributed by atoms with Crippen LogP contribution in [0.5, 0.6) is 0 Å². The summed E-state index contributed by atoms with van der Waals surface area (Å²) in [7, 11) is 0. The second-order valence-corrected chi connectivity index (χ2v) is 7.37. The molecule has 124 valence electrons. The number of alkyl halides is 2. The van der Waals surface area contributed by atoms with E-state index in [1.54, 1.807) is 31.2 Å². The lowest BCUT2D eigenvalue weighted by Gasteiger charge is -2.17. The Morgan fingerprint density at radius 2 is 1.74 bits per heavy atom. The number of Topliss-reactive ketones (excluding diaryl/α,β-unsaturated/α-hetero) is 1. The second kappa shape index (κ2) is 6.13. The van der Waals surface area contributed by atoms with Crippen molar-refractivity contribution in [1.29, 1.82) is 0 Å². The van der Waals surface area contributed by atoms with E-state index in [9.17, 15) is 14.4 Å². The highest BCUT2D eigenvalue weighted by Crippen LogP contribution is 2.64. The number of carbonyl (C=O) groups excluding carboxylic acids is 3. The van der Waals surface area contributed by atoms with Gasteiger partial charge in [-0.25, -0.2) is 0 Å². The van der Waals surface area contributed by atoms with E-state index in [0.717, 1.165) is 0 Å². The minimum Gasteiger partial charge on any atom is -0.452 e. The first-order valence-electron chi connectivity index (χ1n) is 7.07. The van der Waals surface area contributed by atoms with Gasteiger partial charge in [0.15, 0.2) is 11.9 Å². The fourth-order valence-corrected chi connectivity index (χ4v) is 2.69. The quantitative estimate of drug-likeness (QED) is 0.498. The molecule has 1 amide bonds. The molecule has 5 nitrogen and oxygen atoms in total. The molecule has 0 aromatic heterocycles. The van der Waals surface area contributed by atoms with Crippen molar-refractivity contribution in [1.82, 2.24) is 0 Å². The van der Waals surface area contributed by atoms with Gasteiger partial charge in [-0.1, -0.05) is 0 Å². The summed E-state index contributed by atoms with van der Waals surface area (Å²) in [6, 6.07) is 6.42. The van der Waals surface area contributed by atoms with Crippen molar-refractivity contribution in [3.05, 3.63) is 29.8 Å². The highest BCUT2D eigenvalue weighted by Gasteiger charge is 2.69. The third kappa shape index (κ3) is 3.67. The number of amides is 1. The van der Waals surface area contributed by atoms with Gasteiger partial charge in [-0.3, -0.25) is 14.4 Å². The largest absolute Gasteiger partial charge is 0.452 e. The first-order valence-corrected chi connectivity index (χ1v) is 7.83. The molecule has 1 fully saturated rings. The molecule has 1 aliphatic carbocycles. The Hall–Kier alpha value is -1.59. The van der Waals surface area contributed by atoms with Gasteiger partial charge in [0.25, 0.3) is 5.91 Å². The van der Waals surface area contributed by atoms with Crippen LogP contribution in [0.4, 0.5) is 5.69 Å². The van der Waals surface area contributed by atoms with E-state index < -0.39 is 27.7 Å². The average molecular weight is 358 g/mol. The van der Waals surface area contributed by atoms with E-state index in [4.69, 9.17) is 27.9 Å². The van der Waals surface area contributed by atoms with Crippen LogP contribution in [-0.4, -0.2) is 28.1 Å². The van der Waals surface area contributed by atoms with Crippen molar-refractivity contribution >= 4 is 46.5 Å². The predicted octanol–water partition coefficient (Wildman–Crippen LogP) is 3.34. The van der Waals surface area contributed by atoms with Crippen molar-refractivity contribution in [2.24, 2.45) is 5.41 Å². The number of carbonyl (C=O) groups is 3. The number of benzene rings is 1. The van der Waals surface area contributed by atoms with E-state index in [1.165, 1.54) is 13.8 Å². The lowest BCUT2D eigenvalue weighted by Crippen LogP contribution is -2.33. The van der Waals surface area contributed by atoms with Gasteiger partial charge in [-0.05, 0) is 45.0 Å². The van der Waals surface area contributed by atoms with Crippen LogP contribution in [0, 0.1) is 5.41 Å². The molecule has 7 heteroatoms. The van der Waals surface area contributed by atoms with Crippen LogP contribution in [0.3, 0.4) is 0 Å². The molecule has 23 heavy (non-hydrogen) atoms. The Kier molecular flexibility index (Phi) is 4.74. The molecule has 1 aromatic rings. The molecule has 2 rings (SSSR count). The molecular weight excluding hydrogens is 341 g/mol. The molecule has 0 spiro atoms. The molecule has 1 aliphatic rings. The highest BCUT2D eigenvalue weighted by atomic mass is 35.5. The zero-order chi connectivity index (χ0) is 17.4. The van der Waals surface area contributed by atoms with Crippen LogP contribution >= 0.6 is 23.2 Å². The Balaban J connectivity index is 1.93. The number of hydrogen-bond donors (Lipinski definition) is 1. The van der Waals surface area contributed by atoms with Gasteiger partial charge >= 0.3 is 5.97 Å². The van der Waals surface area contributed by atoms with Crippen LogP contribution in [0.1, 0.15) is 37.6 Å². The summed E-state index contributed by atoms with van der Waals surface area (Å²) in [6.45, 7) is 4.52. The monoisotopic (exact) mass is 357 g/mol. The molecule has 1 saturated carbocycles. The minimum atomic E-state index is -1.14. The molecule has 0 bridgehead atoms. The molecule has 1 N–H and O–H groups in total. The summed E-state index contributed by atoms with van der Waals surface area (Å²) in [4.78, 5) is 35.3. The number of halogens is 2. The summed E-state index contributed by atoms with van der Waals surface area (Å²) >= 11 is 11.8. The van der Waals surface area contributed by atoms with Crippen LogP contribution in [-0.2, 0) is 14.3 Å². The van der Waals surface area contributed by atoms with Gasteiger partial charge in [-0.2, -0.15) is 0 Å². The molecule has 0 radical (unpaired) electrons. The lowest BCUT2D eigenvalue weighted by molar-refractivity contribution is -0.158. The molecular formula is C16H17Cl2NO4. The highest BCUT2D eigenvalue weighted by molar-refractivity contribution is 6.53. The van der Waals surface area contributed by atoms with Gasteiger partial charge < -0.3 is 10.1 Å². The Labute approximate surface area is 144 Å². The molecule has 0 unspecified atom stereocenters. The number of ketones is 1. The van der Waals surface area contributed by atoms with E-state index in [-0.39, 0.29) is 5.78 Å². The Bertz CT molecular complexity index is 657. The maximum Gasteiger partial charge on any atom is 0.315 e. The maximum absolute atomic E-state index is 12.1. The average Bonchev–Trinajstić information content (AvgIpc) is 2.99. The van der Waals surface area contributed by atoms with E-state index in [2.05, 4.69) is 5.32 Å². The predicted molar refractivity (Wildman–Crippen MR) is 87.8 cm³/mol.